The number of carbonyl (C=O) groups excluding carboxylic acids is 2. The number of aromatic nitrogens is 1. The molecule has 138 valence electrons. The molecule has 1 N–H and O–H groups in total. The van der Waals surface area contributed by atoms with E-state index >= 15 is 0 Å². The molecule has 0 radical (unpaired) electrons. The van der Waals surface area contributed by atoms with Crippen molar-refractivity contribution in [2.45, 2.75) is 30.7 Å². The average Bonchev–Trinajstić information content (AvgIpc) is 3.23. The molecule has 0 saturated carbocycles. The van der Waals surface area contributed by atoms with Gasteiger partial charge in [-0.3, -0.25) is 19.4 Å². The largest absolute Gasteiger partial charge is 0.481 e. The first kappa shape index (κ1) is 18.6. The summed E-state index contributed by atoms with van der Waals surface area (Å²) in [4.78, 5) is 42.8. The van der Waals surface area contributed by atoms with Crippen molar-refractivity contribution in [1.82, 2.24) is 9.88 Å². The molecule has 2 atom stereocenters. The number of hydrogen-bond acceptors (Lipinski definition) is 6. The Kier molecular flexibility index (Phi) is 5.73. The van der Waals surface area contributed by atoms with Crippen LogP contribution in [0.2, 0.25) is 0 Å². The predicted octanol–water partition coefficient (Wildman–Crippen LogP) is 1.75. The second kappa shape index (κ2) is 8.01. The lowest BCUT2D eigenvalue weighted by Gasteiger charge is -2.27. The molecule has 1 aromatic rings. The van der Waals surface area contributed by atoms with Crippen LogP contribution in [0.5, 0.6) is 0 Å². The summed E-state index contributed by atoms with van der Waals surface area (Å²) >= 11 is 1.34. The van der Waals surface area contributed by atoms with Gasteiger partial charge in [-0.25, -0.2) is 0 Å². The molecule has 2 aliphatic rings. The van der Waals surface area contributed by atoms with Crippen molar-refractivity contribution in [2.75, 3.05) is 19.4 Å². The number of rotatable bonds is 7. The molecule has 26 heavy (non-hydrogen) atoms. The zero-order valence-corrected chi connectivity index (χ0v) is 15.2. The highest BCUT2D eigenvalue weighted by Crippen LogP contribution is 2.36. The van der Waals surface area contributed by atoms with Crippen molar-refractivity contribution in [3.8, 4) is 0 Å². The Morgan fingerprint density at radius 1 is 1.42 bits per heavy atom. The van der Waals surface area contributed by atoms with E-state index in [4.69, 9.17) is 4.74 Å². The molecule has 0 bridgehead atoms. The molecule has 3 rings (SSSR count). The Bertz CT molecular complexity index is 743. The molecule has 0 spiro atoms. The lowest BCUT2D eigenvalue weighted by Crippen LogP contribution is -2.40. The van der Waals surface area contributed by atoms with Gasteiger partial charge in [0.05, 0.1) is 12.5 Å². The first-order valence-electron chi connectivity index (χ1n) is 8.39. The maximum atomic E-state index is 13.0. The van der Waals surface area contributed by atoms with E-state index in [1.54, 1.807) is 29.4 Å². The maximum absolute atomic E-state index is 13.0. The number of pyridine rings is 1. The highest BCUT2D eigenvalue weighted by Gasteiger charge is 2.43. The third kappa shape index (κ3) is 3.66. The number of carbonyl (C=O) groups is 3. The number of thioether (sulfide) groups is 1. The van der Waals surface area contributed by atoms with Gasteiger partial charge in [0.1, 0.15) is 11.1 Å². The number of aliphatic carboxylic acids is 1. The second-order valence-corrected chi connectivity index (χ2v) is 7.11. The lowest BCUT2D eigenvalue weighted by atomic mass is 10.0. The summed E-state index contributed by atoms with van der Waals surface area (Å²) < 4.78 is 5.62. The van der Waals surface area contributed by atoms with Crippen molar-refractivity contribution in [2.24, 2.45) is 0 Å². The third-order valence-corrected chi connectivity index (χ3v) is 5.43. The Hall–Kier alpha value is -2.19. The third-order valence-electron chi connectivity index (χ3n) is 4.49. The standard InChI is InChI=1S/C18H20N2O5S/c1-26-18-15(16(23)13-6-2-3-7-19-13)12(9-14(21)22)17(24)20(18)10-11-5-4-8-25-11/h2-3,6-7,11,18H,4-5,8-10H2,1H3,(H,21,22)/t11-,18-/m1/s1. The number of ketones is 1. The van der Waals surface area contributed by atoms with E-state index < -0.39 is 29.5 Å². The summed E-state index contributed by atoms with van der Waals surface area (Å²) in [6, 6.07) is 4.95. The summed E-state index contributed by atoms with van der Waals surface area (Å²) in [7, 11) is 0. The van der Waals surface area contributed by atoms with E-state index in [9.17, 15) is 19.5 Å². The smallest absolute Gasteiger partial charge is 0.308 e. The number of carboxylic acid groups (broad SMARTS) is 1. The van der Waals surface area contributed by atoms with Crippen molar-refractivity contribution in [3.63, 3.8) is 0 Å². The van der Waals surface area contributed by atoms with Crippen LogP contribution in [0.1, 0.15) is 29.8 Å². The quantitative estimate of drug-likeness (QED) is 0.724. The van der Waals surface area contributed by atoms with Crippen molar-refractivity contribution in [1.29, 1.82) is 0 Å². The van der Waals surface area contributed by atoms with Crippen LogP contribution in [0.4, 0.5) is 0 Å². The van der Waals surface area contributed by atoms with E-state index in [2.05, 4.69) is 4.98 Å². The minimum absolute atomic E-state index is 0.0468. The molecule has 0 aliphatic carbocycles. The van der Waals surface area contributed by atoms with Gasteiger partial charge in [-0.2, -0.15) is 0 Å². The summed E-state index contributed by atoms with van der Waals surface area (Å²) in [5.41, 5.74) is 0.475. The first-order chi connectivity index (χ1) is 12.5. The van der Waals surface area contributed by atoms with Crippen LogP contribution >= 0.6 is 11.8 Å². The zero-order valence-electron chi connectivity index (χ0n) is 14.4. The highest BCUT2D eigenvalue weighted by molar-refractivity contribution is 7.99. The highest BCUT2D eigenvalue weighted by atomic mass is 32.2. The van der Waals surface area contributed by atoms with Gasteiger partial charge in [0, 0.05) is 30.5 Å². The molecule has 1 saturated heterocycles. The molecule has 1 aromatic heterocycles. The minimum atomic E-state index is -1.14. The molecule has 7 nitrogen and oxygen atoms in total. The summed E-state index contributed by atoms with van der Waals surface area (Å²) in [6.45, 7) is 1.01. The number of ether oxygens (including phenoxy) is 1. The van der Waals surface area contributed by atoms with Gasteiger partial charge < -0.3 is 14.7 Å². The molecule has 0 unspecified atom stereocenters. The van der Waals surface area contributed by atoms with Gasteiger partial charge in [-0.1, -0.05) is 6.07 Å². The van der Waals surface area contributed by atoms with E-state index in [0.717, 1.165) is 12.8 Å². The Morgan fingerprint density at radius 2 is 2.23 bits per heavy atom. The van der Waals surface area contributed by atoms with Gasteiger partial charge in [0.25, 0.3) is 5.91 Å². The minimum Gasteiger partial charge on any atom is -0.481 e. The zero-order chi connectivity index (χ0) is 18.7. The SMILES string of the molecule is CS[C@@H]1C(C(=O)c2ccccn2)=C(CC(=O)O)C(=O)N1C[C@H]1CCCO1. The fraction of sp³-hybridized carbons (Fsp3) is 0.444. The van der Waals surface area contributed by atoms with Gasteiger partial charge >= 0.3 is 5.97 Å². The summed E-state index contributed by atoms with van der Waals surface area (Å²) in [5, 5.41) is 8.70. The summed E-state index contributed by atoms with van der Waals surface area (Å²) in [5.74, 6) is -1.94. The van der Waals surface area contributed by atoms with Gasteiger partial charge in [0.2, 0.25) is 5.78 Å². The van der Waals surface area contributed by atoms with Crippen molar-refractivity contribution >= 4 is 29.4 Å². The number of carboxylic acids is 1. The number of amides is 1. The second-order valence-electron chi connectivity index (χ2n) is 6.19. The van der Waals surface area contributed by atoms with Crippen LogP contribution in [0, 0.1) is 0 Å². The number of Topliss-reactive ketones (excluding diaryl/α,β-unsaturated/α-hetero) is 1. The van der Waals surface area contributed by atoms with Gasteiger partial charge in [0.15, 0.2) is 0 Å². The molecule has 2 aliphatic heterocycles. The Balaban J connectivity index is 1.96. The van der Waals surface area contributed by atoms with Crippen LogP contribution < -0.4 is 0 Å². The van der Waals surface area contributed by atoms with Crippen LogP contribution in [0.15, 0.2) is 35.5 Å². The Labute approximate surface area is 155 Å². The summed E-state index contributed by atoms with van der Waals surface area (Å²) in [6.07, 6.45) is 4.53. The molecule has 1 amide bonds. The fourth-order valence-corrected chi connectivity index (χ4v) is 4.26. The van der Waals surface area contributed by atoms with Crippen molar-refractivity contribution < 1.29 is 24.2 Å². The van der Waals surface area contributed by atoms with E-state index in [-0.39, 0.29) is 22.9 Å². The monoisotopic (exact) mass is 376 g/mol. The Morgan fingerprint density at radius 3 is 2.81 bits per heavy atom. The van der Waals surface area contributed by atoms with Crippen LogP contribution in [-0.2, 0) is 14.3 Å². The normalized spacial score (nSPS) is 23.0. The fourth-order valence-electron chi connectivity index (χ4n) is 3.34. The van der Waals surface area contributed by atoms with E-state index in [1.165, 1.54) is 18.0 Å². The van der Waals surface area contributed by atoms with Crippen LogP contribution in [0.25, 0.3) is 0 Å². The number of hydrogen-bond donors (Lipinski definition) is 1. The first-order valence-corrected chi connectivity index (χ1v) is 9.67. The molecule has 8 heteroatoms. The molecular weight excluding hydrogens is 356 g/mol. The van der Waals surface area contributed by atoms with Gasteiger partial charge in [-0.05, 0) is 31.2 Å². The lowest BCUT2D eigenvalue weighted by molar-refractivity contribution is -0.137. The number of nitrogens with zero attached hydrogens (tertiary/aromatic N) is 2. The van der Waals surface area contributed by atoms with E-state index in [0.29, 0.717) is 13.2 Å². The molecule has 0 aromatic carbocycles. The maximum Gasteiger partial charge on any atom is 0.308 e. The topological polar surface area (TPSA) is 96.8 Å². The predicted molar refractivity (Wildman–Crippen MR) is 95.8 cm³/mol. The van der Waals surface area contributed by atoms with E-state index in [1.807, 2.05) is 0 Å². The van der Waals surface area contributed by atoms with Crippen LogP contribution in [0.3, 0.4) is 0 Å². The average molecular weight is 376 g/mol. The van der Waals surface area contributed by atoms with Crippen LogP contribution in [-0.4, -0.2) is 63.5 Å². The molecule has 1 fully saturated rings. The van der Waals surface area contributed by atoms with Crippen molar-refractivity contribution in [3.05, 3.63) is 41.2 Å². The molecular formula is C18H20N2O5S. The molecule has 3 heterocycles. The van der Waals surface area contributed by atoms with Gasteiger partial charge in [-0.15, -0.1) is 11.8 Å².